The van der Waals surface area contributed by atoms with Gasteiger partial charge in [-0.1, -0.05) is 0 Å². The second kappa shape index (κ2) is 10.3. The van der Waals surface area contributed by atoms with Gasteiger partial charge in [0.05, 0.1) is 19.6 Å². The first-order valence-corrected chi connectivity index (χ1v) is 9.42. The van der Waals surface area contributed by atoms with Crippen molar-refractivity contribution >= 4 is 5.91 Å². The zero-order valence-electron chi connectivity index (χ0n) is 16.9. The van der Waals surface area contributed by atoms with Crippen molar-refractivity contribution in [1.82, 2.24) is 9.80 Å². The van der Waals surface area contributed by atoms with Gasteiger partial charge in [0.2, 0.25) is 0 Å². The third-order valence-corrected chi connectivity index (χ3v) is 4.76. The first kappa shape index (κ1) is 28.7. The highest BCUT2D eigenvalue weighted by Crippen LogP contribution is 2.47. The summed E-state index contributed by atoms with van der Waals surface area (Å²) in [7, 11) is 0.852. The van der Waals surface area contributed by atoms with Crippen molar-refractivity contribution < 1.29 is 57.8 Å². The Morgan fingerprint density at radius 1 is 0.844 bits per heavy atom. The van der Waals surface area contributed by atoms with Crippen molar-refractivity contribution in [1.29, 1.82) is 0 Å². The van der Waals surface area contributed by atoms with Gasteiger partial charge in [0, 0.05) is 46.1 Å². The van der Waals surface area contributed by atoms with Crippen molar-refractivity contribution in [3.63, 3.8) is 0 Å². The Balaban J connectivity index is 2.72. The maximum absolute atomic E-state index is 14.0. The number of likely N-dealkylation sites (N-methyl/N-ethyl adjacent to an activating group) is 1. The monoisotopic (exact) mass is 496 g/mol. The van der Waals surface area contributed by atoms with Crippen molar-refractivity contribution in [2.45, 2.75) is 55.5 Å². The van der Waals surface area contributed by atoms with Crippen LogP contribution in [0.5, 0.6) is 0 Å². The normalized spacial score (nSPS) is 17.5. The van der Waals surface area contributed by atoms with Crippen LogP contribution in [0.4, 0.5) is 48.3 Å². The van der Waals surface area contributed by atoms with E-state index in [0.717, 1.165) is 7.05 Å². The molecule has 4 nitrogen and oxygen atoms in total. The van der Waals surface area contributed by atoms with Gasteiger partial charge in [0.25, 0.3) is 11.8 Å². The number of nitrogens with zero attached hydrogens (tertiary/aromatic N) is 2. The predicted octanol–water partition coefficient (Wildman–Crippen LogP) is 4.44. The molecule has 1 rings (SSSR count). The Morgan fingerprint density at radius 3 is 1.88 bits per heavy atom. The van der Waals surface area contributed by atoms with Crippen molar-refractivity contribution in [3.05, 3.63) is 0 Å². The molecule has 15 heteroatoms. The van der Waals surface area contributed by atoms with Crippen LogP contribution in [0, 0.1) is 0 Å². The summed E-state index contributed by atoms with van der Waals surface area (Å²) in [5.41, 5.74) is 0. The molecule has 1 aliphatic heterocycles. The van der Waals surface area contributed by atoms with E-state index in [-0.39, 0.29) is 13.1 Å². The summed E-state index contributed by atoms with van der Waals surface area (Å²) in [5.74, 6) is -23.1. The van der Waals surface area contributed by atoms with Gasteiger partial charge in [-0.05, 0) is 0 Å². The number of halogens is 11. The molecule has 0 spiro atoms. The van der Waals surface area contributed by atoms with Gasteiger partial charge in [0.1, 0.15) is 6.42 Å². The van der Waals surface area contributed by atoms with Crippen molar-refractivity contribution in [2.24, 2.45) is 0 Å². The molecule has 0 bridgehead atoms. The summed E-state index contributed by atoms with van der Waals surface area (Å²) in [4.78, 5) is 13.9. The number of amides is 1. The highest BCUT2D eigenvalue weighted by atomic mass is 19.4. The highest BCUT2D eigenvalue weighted by molar-refractivity contribution is 5.83. The summed E-state index contributed by atoms with van der Waals surface area (Å²) in [5, 5.41) is 0. The molecule has 0 aromatic heterocycles. The Labute approximate surface area is 176 Å². The fraction of sp³-hybridized carbons (Fsp3) is 0.941. The molecule has 1 fully saturated rings. The fourth-order valence-electron chi connectivity index (χ4n) is 2.89. The van der Waals surface area contributed by atoms with Gasteiger partial charge in [0.15, 0.2) is 0 Å². The molecule has 1 saturated heterocycles. The Morgan fingerprint density at radius 2 is 1.38 bits per heavy atom. The average Bonchev–Trinajstić information content (AvgIpc) is 2.62. The lowest BCUT2D eigenvalue weighted by Crippen LogP contribution is -2.51. The zero-order valence-corrected chi connectivity index (χ0v) is 16.9. The predicted molar refractivity (Wildman–Crippen MR) is 89.2 cm³/mol. The number of carbonyl (C=O) groups is 1. The van der Waals surface area contributed by atoms with E-state index in [2.05, 4.69) is 0 Å². The minimum absolute atomic E-state index is 0.0858. The van der Waals surface area contributed by atoms with E-state index >= 15 is 0 Å². The van der Waals surface area contributed by atoms with Crippen LogP contribution < -0.4 is 0 Å². The van der Waals surface area contributed by atoms with Gasteiger partial charge < -0.3 is 9.64 Å². The van der Waals surface area contributed by atoms with Gasteiger partial charge >= 0.3 is 23.9 Å². The zero-order chi connectivity index (χ0) is 25.0. The second-order valence-corrected chi connectivity index (χ2v) is 7.62. The second-order valence-electron chi connectivity index (χ2n) is 7.62. The van der Waals surface area contributed by atoms with Crippen molar-refractivity contribution in [3.8, 4) is 0 Å². The van der Waals surface area contributed by atoms with Gasteiger partial charge in [-0.2, -0.15) is 39.5 Å². The molecule has 0 aromatic rings. The van der Waals surface area contributed by atoms with E-state index in [0.29, 0.717) is 31.2 Å². The van der Waals surface area contributed by atoms with Crippen molar-refractivity contribution in [2.75, 3.05) is 46.4 Å². The number of hydrogen-bond donors (Lipinski definition) is 0. The Bertz CT molecular complexity index is 620. The van der Waals surface area contributed by atoms with Crippen LogP contribution in [0.1, 0.15) is 25.7 Å². The van der Waals surface area contributed by atoms with E-state index in [1.165, 1.54) is 0 Å². The van der Waals surface area contributed by atoms with Crippen LogP contribution in [-0.4, -0.2) is 92.0 Å². The van der Waals surface area contributed by atoms with Crippen LogP contribution in [-0.2, 0) is 9.53 Å². The highest BCUT2D eigenvalue weighted by Gasteiger charge is 2.63. The number of rotatable bonds is 11. The number of alkyl halides is 11. The third-order valence-electron chi connectivity index (χ3n) is 4.76. The molecule has 0 aliphatic carbocycles. The maximum atomic E-state index is 14.0. The summed E-state index contributed by atoms with van der Waals surface area (Å²) in [6.45, 7) is 1.33. The van der Waals surface area contributed by atoms with E-state index in [4.69, 9.17) is 4.74 Å². The molecule has 0 N–H and O–H groups in total. The maximum Gasteiger partial charge on any atom is 0.394 e. The largest absolute Gasteiger partial charge is 0.394 e. The lowest BCUT2D eigenvalue weighted by Gasteiger charge is -2.32. The summed E-state index contributed by atoms with van der Waals surface area (Å²) >= 11 is 0. The van der Waals surface area contributed by atoms with E-state index < -0.39 is 61.5 Å². The number of hydrogen-bond acceptors (Lipinski definition) is 3. The van der Waals surface area contributed by atoms with Crippen LogP contribution in [0.3, 0.4) is 0 Å². The molecular weight excluding hydrogens is 473 g/mol. The molecule has 0 saturated carbocycles. The quantitative estimate of drug-likeness (QED) is 0.397. The molecular formula is C17H23F11N2O2. The van der Waals surface area contributed by atoms with E-state index in [1.807, 2.05) is 0 Å². The minimum Gasteiger partial charge on any atom is -0.379 e. The Kier molecular flexibility index (Phi) is 9.19. The number of morpholine rings is 1. The van der Waals surface area contributed by atoms with Crippen LogP contribution >= 0.6 is 0 Å². The molecule has 1 aliphatic rings. The van der Waals surface area contributed by atoms with Gasteiger partial charge in [-0.15, -0.1) is 0 Å². The van der Waals surface area contributed by atoms with E-state index in [1.54, 1.807) is 4.90 Å². The lowest BCUT2D eigenvalue weighted by atomic mass is 9.96. The summed E-state index contributed by atoms with van der Waals surface area (Å²) < 4.78 is 150. The SMILES string of the molecule is CN(CCN1CCOCC1)C(=O)C(F)(F)CC(F)(F)C(F)(F)CCC(F)(F)CC(F)(F)F. The molecule has 32 heavy (non-hydrogen) atoms. The van der Waals surface area contributed by atoms with Gasteiger partial charge in [-0.25, -0.2) is 8.78 Å². The topological polar surface area (TPSA) is 32.8 Å². The van der Waals surface area contributed by atoms with Crippen LogP contribution in [0.25, 0.3) is 0 Å². The molecule has 0 unspecified atom stereocenters. The molecule has 0 atom stereocenters. The smallest absolute Gasteiger partial charge is 0.379 e. The number of carbonyl (C=O) groups excluding carboxylic acids is 1. The summed E-state index contributed by atoms with van der Waals surface area (Å²) in [6.07, 6.45) is -16.1. The summed E-state index contributed by atoms with van der Waals surface area (Å²) in [6, 6.07) is 0. The van der Waals surface area contributed by atoms with Crippen LogP contribution in [0.15, 0.2) is 0 Å². The minimum atomic E-state index is -5.63. The molecule has 0 aromatic carbocycles. The molecule has 190 valence electrons. The van der Waals surface area contributed by atoms with Crippen LogP contribution in [0.2, 0.25) is 0 Å². The molecule has 1 amide bonds. The third kappa shape index (κ3) is 8.87. The molecule has 1 heterocycles. The van der Waals surface area contributed by atoms with E-state index in [9.17, 15) is 53.1 Å². The number of ether oxygens (including phenoxy) is 1. The standard InChI is InChI=1S/C17H23F11N2O2/c1-29(4-5-30-6-8-32-9-7-30)12(31)14(20,21)11-16(24,25)15(22,23)3-2-13(18,19)10-17(26,27)28/h2-11H2,1H3. The van der Waals surface area contributed by atoms with Gasteiger partial charge in [-0.3, -0.25) is 9.69 Å². The Hall–Kier alpha value is -1.38. The first-order chi connectivity index (χ1) is 14.3. The lowest BCUT2D eigenvalue weighted by molar-refractivity contribution is -0.249. The first-order valence-electron chi connectivity index (χ1n) is 9.42. The fourth-order valence-corrected chi connectivity index (χ4v) is 2.89. The average molecular weight is 496 g/mol. The molecule has 0 radical (unpaired) electrons.